The predicted molar refractivity (Wildman–Crippen MR) is 188 cm³/mol. The van der Waals surface area contributed by atoms with Crippen molar-refractivity contribution in [3.05, 3.63) is 106 Å². The van der Waals surface area contributed by atoms with E-state index in [1.54, 1.807) is 0 Å². The molecule has 48 heavy (non-hydrogen) atoms. The first-order chi connectivity index (χ1) is 22.0. The van der Waals surface area contributed by atoms with E-state index in [-0.39, 0.29) is 59.0 Å². The van der Waals surface area contributed by atoms with E-state index < -0.39 is 26.0 Å². The Morgan fingerprint density at radius 3 is 2.25 bits per heavy atom. The minimum atomic E-state index is -4.31. The van der Waals surface area contributed by atoms with Crippen molar-refractivity contribution in [2.45, 2.75) is 70.6 Å². The summed E-state index contributed by atoms with van der Waals surface area (Å²) in [5, 5.41) is 0.702. The smallest absolute Gasteiger partial charge is 0.748 e. The summed E-state index contributed by atoms with van der Waals surface area (Å²) in [4.78, 5) is 2.14. The van der Waals surface area contributed by atoms with E-state index in [2.05, 4.69) is 73.6 Å². The molecule has 0 bridgehead atoms. The molecule has 3 aliphatic rings. The average molecular weight is 722 g/mol. The molecule has 0 radical (unpaired) electrons. The molecule has 0 saturated heterocycles. The minimum absolute atomic E-state index is 0. The van der Waals surface area contributed by atoms with Crippen LogP contribution in [0.1, 0.15) is 70.9 Å². The topological polar surface area (TPSA) is 118 Å². The van der Waals surface area contributed by atoms with Gasteiger partial charge in [0.2, 0.25) is 5.69 Å². The largest absolute Gasteiger partial charge is 1.00 e. The Kier molecular flexibility index (Phi) is 12.2. The molecule has 5 rings (SSSR count). The first kappa shape index (κ1) is 38.8. The van der Waals surface area contributed by atoms with Gasteiger partial charge in [-0.2, -0.15) is 13.0 Å². The van der Waals surface area contributed by atoms with Crippen LogP contribution in [0, 0.1) is 0 Å². The Balaban J connectivity index is 0.00000520. The molecule has 0 atom stereocenters. The molecular weight excluding hydrogens is 679 g/mol. The van der Waals surface area contributed by atoms with E-state index in [1.807, 2.05) is 36.4 Å². The molecule has 0 fully saturated rings. The number of halogens is 1. The third-order valence-corrected chi connectivity index (χ3v) is 11.6. The maximum absolute atomic E-state index is 11.4. The zero-order chi connectivity index (χ0) is 34.2. The summed E-state index contributed by atoms with van der Waals surface area (Å²) in [7, 11) is -8.37. The summed E-state index contributed by atoms with van der Waals surface area (Å²) < 4.78 is 68.3. The molecule has 2 aromatic carbocycles. The minimum Gasteiger partial charge on any atom is -0.748 e. The summed E-state index contributed by atoms with van der Waals surface area (Å²) in [5.41, 5.74) is 7.76. The molecule has 12 heteroatoms. The molecule has 1 aliphatic carbocycles. The molecule has 0 amide bonds. The van der Waals surface area contributed by atoms with E-state index in [0.29, 0.717) is 18.1 Å². The van der Waals surface area contributed by atoms with Crippen molar-refractivity contribution in [3.8, 4) is 0 Å². The van der Waals surface area contributed by atoms with Crippen LogP contribution in [0.15, 0.2) is 94.7 Å². The molecule has 2 aliphatic heterocycles. The van der Waals surface area contributed by atoms with Gasteiger partial charge in [0.05, 0.1) is 21.3 Å². The van der Waals surface area contributed by atoms with Crippen molar-refractivity contribution in [2.75, 3.05) is 29.5 Å². The Bertz CT molecular complexity index is 1940. The van der Waals surface area contributed by atoms with Crippen LogP contribution in [-0.2, 0) is 31.1 Å². The van der Waals surface area contributed by atoms with E-state index >= 15 is 0 Å². The van der Waals surface area contributed by atoms with E-state index in [4.69, 9.17) is 11.6 Å². The number of rotatable bonds is 11. The number of anilines is 1. The molecule has 2 aromatic rings. The zero-order valence-corrected chi connectivity index (χ0v) is 32.8. The number of fused-ring (bicyclic) bond motifs is 2. The number of para-hydroxylation sites is 2. The second-order valence-electron chi connectivity index (χ2n) is 13.5. The van der Waals surface area contributed by atoms with Crippen LogP contribution in [0.4, 0.5) is 11.4 Å². The summed E-state index contributed by atoms with van der Waals surface area (Å²) in [6.07, 6.45) is 11.4. The van der Waals surface area contributed by atoms with Gasteiger partial charge in [0.25, 0.3) is 10.1 Å². The van der Waals surface area contributed by atoms with Crippen LogP contribution in [0.2, 0.25) is 0 Å². The summed E-state index contributed by atoms with van der Waals surface area (Å²) in [6, 6.07) is 16.2. The number of hydrogen-bond acceptors (Lipinski definition) is 6. The summed E-state index contributed by atoms with van der Waals surface area (Å²) in [5.74, 6) is -0.718. The van der Waals surface area contributed by atoms with Crippen molar-refractivity contribution in [1.29, 1.82) is 0 Å². The molecular formula is C36H43ClN2NaO6S2+. The van der Waals surface area contributed by atoms with Crippen LogP contribution in [0.5, 0.6) is 0 Å². The normalized spacial score (nSPS) is 20.5. The first-order valence-electron chi connectivity index (χ1n) is 16.0. The summed E-state index contributed by atoms with van der Waals surface area (Å²) >= 11 is 7.08. The van der Waals surface area contributed by atoms with Gasteiger partial charge in [0.1, 0.15) is 6.54 Å². The Morgan fingerprint density at radius 1 is 0.896 bits per heavy atom. The van der Waals surface area contributed by atoms with Crippen LogP contribution >= 0.6 is 11.6 Å². The van der Waals surface area contributed by atoms with Gasteiger partial charge >= 0.3 is 29.6 Å². The maximum atomic E-state index is 11.4. The number of allylic oxidation sites excluding steroid dienone is 8. The van der Waals surface area contributed by atoms with E-state index in [9.17, 15) is 25.9 Å². The Labute approximate surface area is 312 Å². The van der Waals surface area contributed by atoms with Gasteiger partial charge in [-0.3, -0.25) is 4.55 Å². The summed E-state index contributed by atoms with van der Waals surface area (Å²) in [6.45, 7) is 9.46. The van der Waals surface area contributed by atoms with Crippen LogP contribution in [-0.4, -0.2) is 60.8 Å². The molecule has 8 nitrogen and oxygen atoms in total. The fourth-order valence-corrected chi connectivity index (χ4v) is 8.43. The molecule has 0 aromatic heterocycles. The second-order valence-corrected chi connectivity index (χ2v) is 17.0. The molecule has 0 saturated carbocycles. The van der Waals surface area contributed by atoms with Crippen LogP contribution in [0.25, 0.3) is 0 Å². The van der Waals surface area contributed by atoms with Gasteiger partial charge in [-0.05, 0) is 68.4 Å². The van der Waals surface area contributed by atoms with Gasteiger partial charge in [0, 0.05) is 58.3 Å². The predicted octanol–water partition coefficient (Wildman–Crippen LogP) is 4.12. The molecule has 1 N–H and O–H groups in total. The quantitative estimate of drug-likeness (QED) is 0.211. The number of benzene rings is 2. The monoisotopic (exact) mass is 721 g/mol. The third kappa shape index (κ3) is 8.46. The van der Waals surface area contributed by atoms with E-state index in [1.165, 1.54) is 0 Å². The van der Waals surface area contributed by atoms with Crippen molar-refractivity contribution >= 4 is 48.9 Å². The Morgan fingerprint density at radius 2 is 1.56 bits per heavy atom. The van der Waals surface area contributed by atoms with Crippen LogP contribution < -0.4 is 34.5 Å². The van der Waals surface area contributed by atoms with Gasteiger partial charge in [-0.15, -0.1) is 0 Å². The molecule has 0 unspecified atom stereocenters. The molecule has 252 valence electrons. The van der Waals surface area contributed by atoms with Gasteiger partial charge in [-0.25, -0.2) is 8.42 Å². The van der Waals surface area contributed by atoms with Gasteiger partial charge in [-0.1, -0.05) is 74.0 Å². The standard InChI is InChI=1S/C36H43ClN2O6S2.Na/c1-35(2)28-14-5-7-16-30(28)38(22-10-24-46(40,41)42)32(35)20-18-26-12-9-13-27(34(26)37)19-21-33-36(3,4)29-15-6-8-17-31(29)39(33)23-11-25-47(43,44)45;/h5-8,14-21H,9-13,22-25H2,1-4H3,(H-,40,41,42,43,44,45);/q;+1. The average Bonchev–Trinajstić information content (AvgIpc) is 3.33. The number of hydrogen-bond donors (Lipinski definition) is 1. The second kappa shape index (κ2) is 15.1. The van der Waals surface area contributed by atoms with Gasteiger partial charge < -0.3 is 9.45 Å². The molecule has 2 heterocycles. The fraction of sp³-hybridized carbons (Fsp3) is 0.417. The van der Waals surface area contributed by atoms with Crippen molar-refractivity contribution in [2.24, 2.45) is 0 Å². The number of nitrogens with zero attached hydrogens (tertiary/aromatic N) is 2. The SMILES string of the molecule is CC1(C)C(=CC=C2CCCC(C=CC3=[N+](CCCS(=O)(=O)[O-])c4ccccc4C3(C)C)=C2Cl)N(CCCS(=O)(=O)O)c2ccccc21.[Na+]. The fourth-order valence-electron chi connectivity index (χ4n) is 7.14. The van der Waals surface area contributed by atoms with Crippen molar-refractivity contribution in [3.63, 3.8) is 0 Å². The molecule has 0 spiro atoms. The van der Waals surface area contributed by atoms with Crippen LogP contribution in [0.3, 0.4) is 0 Å². The van der Waals surface area contributed by atoms with Gasteiger partial charge in [0.15, 0.2) is 5.71 Å². The van der Waals surface area contributed by atoms with Crippen molar-refractivity contribution < 1.29 is 60.1 Å². The first-order valence-corrected chi connectivity index (χ1v) is 19.6. The third-order valence-electron chi connectivity index (χ3n) is 9.50. The Hall–Kier alpha value is -2.02. The zero-order valence-electron chi connectivity index (χ0n) is 28.4. The maximum Gasteiger partial charge on any atom is 1.00 e. The van der Waals surface area contributed by atoms with E-state index in [0.717, 1.165) is 64.3 Å². The van der Waals surface area contributed by atoms with Crippen molar-refractivity contribution in [1.82, 2.24) is 0 Å².